The summed E-state index contributed by atoms with van der Waals surface area (Å²) < 4.78 is 26.0. The van der Waals surface area contributed by atoms with Crippen molar-refractivity contribution in [1.82, 2.24) is 4.57 Å². The molecule has 0 atom stereocenters. The van der Waals surface area contributed by atoms with Gasteiger partial charge in [-0.3, -0.25) is 4.79 Å². The van der Waals surface area contributed by atoms with E-state index in [-0.39, 0.29) is 5.69 Å². The minimum atomic E-state index is -2.51. The zero-order chi connectivity index (χ0) is 14.5. The summed E-state index contributed by atoms with van der Waals surface area (Å²) in [4.78, 5) is 12.1. The van der Waals surface area contributed by atoms with Crippen molar-refractivity contribution in [1.29, 1.82) is 0 Å². The first-order valence-corrected chi connectivity index (χ1v) is 6.14. The molecule has 1 aromatic carbocycles. The summed E-state index contributed by atoms with van der Waals surface area (Å²) in [6.45, 7) is -0.135. The van der Waals surface area contributed by atoms with Crippen LogP contribution in [0.15, 0.2) is 42.6 Å². The number of nitrogens with two attached hydrogens (primary N) is 1. The smallest absolute Gasteiger partial charge is 0.272 e. The maximum Gasteiger partial charge on any atom is 0.272 e. The molecule has 2 rings (SSSR count). The lowest BCUT2D eigenvalue weighted by Gasteiger charge is -2.10. The van der Waals surface area contributed by atoms with E-state index < -0.39 is 18.9 Å². The van der Waals surface area contributed by atoms with Crippen LogP contribution in [0.4, 0.5) is 14.5 Å². The molecule has 1 amide bonds. The quantitative estimate of drug-likeness (QED) is 0.883. The van der Waals surface area contributed by atoms with E-state index in [1.54, 1.807) is 24.3 Å². The van der Waals surface area contributed by atoms with Gasteiger partial charge in [0, 0.05) is 18.4 Å². The topological polar surface area (TPSA) is 60.0 Å². The van der Waals surface area contributed by atoms with E-state index in [1.165, 1.54) is 16.8 Å². The van der Waals surface area contributed by atoms with Crippen LogP contribution in [0.5, 0.6) is 0 Å². The van der Waals surface area contributed by atoms with Gasteiger partial charge in [-0.05, 0) is 29.8 Å². The molecule has 6 heteroatoms. The number of hydrogen-bond donors (Lipinski definition) is 2. The van der Waals surface area contributed by atoms with Crippen molar-refractivity contribution in [3.63, 3.8) is 0 Å². The maximum atomic E-state index is 12.4. The fraction of sp³-hybridized carbons (Fsp3) is 0.214. The number of aromatic nitrogens is 1. The highest BCUT2D eigenvalue weighted by Gasteiger charge is 2.14. The minimum Gasteiger partial charge on any atom is -0.338 e. The third-order valence-electron chi connectivity index (χ3n) is 2.82. The molecular weight excluding hydrogens is 264 g/mol. The molecule has 20 heavy (non-hydrogen) atoms. The first-order chi connectivity index (χ1) is 9.60. The number of hydrogen-bond acceptors (Lipinski definition) is 2. The van der Waals surface area contributed by atoms with Gasteiger partial charge in [-0.15, -0.1) is 0 Å². The third kappa shape index (κ3) is 3.42. The summed E-state index contributed by atoms with van der Waals surface area (Å²) in [7, 11) is 0. The molecule has 0 radical (unpaired) electrons. The Kier molecular flexibility index (Phi) is 4.47. The summed E-state index contributed by atoms with van der Waals surface area (Å²) >= 11 is 0. The van der Waals surface area contributed by atoms with E-state index in [0.717, 1.165) is 5.56 Å². The Balaban J connectivity index is 2.13. The highest BCUT2D eigenvalue weighted by Crippen LogP contribution is 2.13. The van der Waals surface area contributed by atoms with Crippen molar-refractivity contribution in [3.05, 3.63) is 53.9 Å². The Bertz CT molecular complexity index is 596. The summed E-state index contributed by atoms with van der Waals surface area (Å²) in [5.41, 5.74) is 7.19. The average Bonchev–Trinajstić information content (AvgIpc) is 2.86. The molecule has 0 aliphatic rings. The van der Waals surface area contributed by atoms with Crippen LogP contribution in [0.25, 0.3) is 0 Å². The van der Waals surface area contributed by atoms with Gasteiger partial charge in [0.2, 0.25) is 0 Å². The van der Waals surface area contributed by atoms with Gasteiger partial charge in [0.25, 0.3) is 12.3 Å². The number of carbonyl (C=O) groups is 1. The molecule has 0 fully saturated rings. The van der Waals surface area contributed by atoms with Crippen LogP contribution in [-0.4, -0.2) is 16.9 Å². The highest BCUT2D eigenvalue weighted by atomic mass is 19.3. The monoisotopic (exact) mass is 279 g/mol. The van der Waals surface area contributed by atoms with Gasteiger partial charge < -0.3 is 15.6 Å². The van der Waals surface area contributed by atoms with Crippen molar-refractivity contribution < 1.29 is 13.6 Å². The molecule has 106 valence electrons. The Morgan fingerprint density at radius 1 is 1.30 bits per heavy atom. The number of carbonyl (C=O) groups excluding carboxylic acids is 1. The van der Waals surface area contributed by atoms with Crippen molar-refractivity contribution in [2.24, 2.45) is 5.73 Å². The van der Waals surface area contributed by atoms with Gasteiger partial charge in [-0.25, -0.2) is 8.78 Å². The van der Waals surface area contributed by atoms with Gasteiger partial charge >= 0.3 is 0 Å². The lowest BCUT2D eigenvalue weighted by Crippen LogP contribution is -2.19. The lowest BCUT2D eigenvalue weighted by atomic mass is 10.2. The molecule has 0 aliphatic heterocycles. The second-order valence-electron chi connectivity index (χ2n) is 4.30. The normalized spacial score (nSPS) is 10.8. The number of anilines is 1. The Hall–Kier alpha value is -2.21. The van der Waals surface area contributed by atoms with E-state index in [1.807, 2.05) is 6.07 Å². The van der Waals surface area contributed by atoms with Crippen LogP contribution in [0, 0.1) is 0 Å². The highest BCUT2D eigenvalue weighted by molar-refractivity contribution is 6.03. The molecular formula is C14H15F2N3O. The summed E-state index contributed by atoms with van der Waals surface area (Å²) in [6.07, 6.45) is -1.05. The van der Waals surface area contributed by atoms with Crippen LogP contribution in [0.2, 0.25) is 0 Å². The Morgan fingerprint density at radius 3 is 2.80 bits per heavy atom. The number of halogens is 2. The van der Waals surface area contributed by atoms with E-state index in [4.69, 9.17) is 5.73 Å². The second-order valence-corrected chi connectivity index (χ2v) is 4.30. The fourth-order valence-corrected chi connectivity index (χ4v) is 1.90. The fourth-order valence-electron chi connectivity index (χ4n) is 1.90. The molecule has 2 aromatic rings. The molecule has 4 nitrogen and oxygen atoms in total. The molecule has 1 aromatic heterocycles. The van der Waals surface area contributed by atoms with Gasteiger partial charge in [-0.2, -0.15) is 0 Å². The van der Waals surface area contributed by atoms with Crippen molar-refractivity contribution in [2.45, 2.75) is 19.5 Å². The summed E-state index contributed by atoms with van der Waals surface area (Å²) in [5.74, 6) is -0.426. The SMILES string of the molecule is NCc1cccc(NC(=O)c2cccn2CC(F)F)c1. The number of alkyl halides is 2. The lowest BCUT2D eigenvalue weighted by molar-refractivity contribution is 0.0998. The molecule has 1 heterocycles. The number of rotatable bonds is 5. The van der Waals surface area contributed by atoms with Crippen LogP contribution in [0.3, 0.4) is 0 Å². The minimum absolute atomic E-state index is 0.198. The zero-order valence-corrected chi connectivity index (χ0v) is 10.7. The van der Waals surface area contributed by atoms with E-state index in [2.05, 4.69) is 5.32 Å². The molecule has 0 saturated carbocycles. The average molecular weight is 279 g/mol. The number of nitrogens with one attached hydrogen (secondary N) is 1. The van der Waals surface area contributed by atoms with Crippen molar-refractivity contribution in [3.8, 4) is 0 Å². The molecule has 0 saturated heterocycles. The van der Waals surface area contributed by atoms with E-state index in [9.17, 15) is 13.6 Å². The molecule has 0 bridgehead atoms. The number of nitrogens with zero attached hydrogens (tertiary/aromatic N) is 1. The van der Waals surface area contributed by atoms with Gasteiger partial charge in [0.15, 0.2) is 0 Å². The second kappa shape index (κ2) is 6.29. The number of amides is 1. The third-order valence-corrected chi connectivity index (χ3v) is 2.82. The molecule has 3 N–H and O–H groups in total. The first kappa shape index (κ1) is 14.2. The standard InChI is InChI=1S/C14H15F2N3O/c15-13(16)9-19-6-2-5-12(19)14(20)18-11-4-1-3-10(7-11)8-17/h1-7,13H,8-9,17H2,(H,18,20). The maximum absolute atomic E-state index is 12.4. The molecule has 0 spiro atoms. The van der Waals surface area contributed by atoms with Crippen LogP contribution in [-0.2, 0) is 13.1 Å². The van der Waals surface area contributed by atoms with Crippen LogP contribution >= 0.6 is 0 Å². The largest absolute Gasteiger partial charge is 0.338 e. The van der Waals surface area contributed by atoms with Gasteiger partial charge in [0.05, 0.1) is 6.54 Å². The number of benzene rings is 1. The molecule has 0 aliphatic carbocycles. The molecule has 0 unspecified atom stereocenters. The van der Waals surface area contributed by atoms with E-state index >= 15 is 0 Å². The predicted octanol–water partition coefficient (Wildman–Crippen LogP) is 2.46. The van der Waals surface area contributed by atoms with Gasteiger partial charge in [0.1, 0.15) is 5.69 Å². The van der Waals surface area contributed by atoms with Crippen LogP contribution < -0.4 is 11.1 Å². The summed E-state index contributed by atoms with van der Waals surface area (Å²) in [6, 6.07) is 10.2. The van der Waals surface area contributed by atoms with Crippen molar-refractivity contribution in [2.75, 3.05) is 5.32 Å². The van der Waals surface area contributed by atoms with Gasteiger partial charge in [-0.1, -0.05) is 12.1 Å². The predicted molar refractivity (Wildman–Crippen MR) is 72.7 cm³/mol. The first-order valence-electron chi connectivity index (χ1n) is 6.14. The van der Waals surface area contributed by atoms with Crippen LogP contribution in [0.1, 0.15) is 16.1 Å². The summed E-state index contributed by atoms with van der Waals surface area (Å²) in [5, 5.41) is 2.67. The zero-order valence-electron chi connectivity index (χ0n) is 10.7. The van der Waals surface area contributed by atoms with E-state index in [0.29, 0.717) is 12.2 Å². The van der Waals surface area contributed by atoms with Crippen molar-refractivity contribution >= 4 is 11.6 Å². The Morgan fingerprint density at radius 2 is 2.10 bits per heavy atom. The Labute approximate surface area is 115 Å².